The van der Waals surface area contributed by atoms with Gasteiger partial charge in [0.15, 0.2) is 0 Å². The fraction of sp³-hybridized carbons (Fsp3) is 0.381. The first-order valence-corrected chi connectivity index (χ1v) is 9.50. The molecule has 2 aliphatic carbocycles. The molecule has 0 spiro atoms. The summed E-state index contributed by atoms with van der Waals surface area (Å²) in [7, 11) is 0. The first-order valence-electron chi connectivity index (χ1n) is 9.50. The lowest BCUT2D eigenvalue weighted by molar-refractivity contribution is 0.110. The predicted molar refractivity (Wildman–Crippen MR) is 103 cm³/mol. The molecule has 3 heterocycles. The van der Waals surface area contributed by atoms with Crippen molar-refractivity contribution in [2.45, 2.75) is 50.5 Å². The summed E-state index contributed by atoms with van der Waals surface area (Å²) in [6, 6.07) is 3.93. The monoisotopic (exact) mass is 359 g/mol. The van der Waals surface area contributed by atoms with Crippen LogP contribution in [0, 0.1) is 11.8 Å². The van der Waals surface area contributed by atoms with Gasteiger partial charge in [-0.2, -0.15) is 0 Å². The van der Waals surface area contributed by atoms with Crippen LogP contribution in [0.2, 0.25) is 0 Å². The fourth-order valence-corrected chi connectivity index (χ4v) is 4.12. The van der Waals surface area contributed by atoms with Crippen LogP contribution < -0.4 is 5.73 Å². The van der Waals surface area contributed by atoms with E-state index in [1.165, 1.54) is 0 Å². The Hall–Kier alpha value is -2.91. The smallest absolute Gasteiger partial charge is 0.220 e. The Labute approximate surface area is 157 Å². The third-order valence-corrected chi connectivity index (χ3v) is 5.53. The summed E-state index contributed by atoms with van der Waals surface area (Å²) in [4.78, 5) is 13.5. The molecule has 3 aromatic heterocycles. The van der Waals surface area contributed by atoms with Crippen molar-refractivity contribution in [3.8, 4) is 23.2 Å². The predicted octanol–water partition coefficient (Wildman–Crippen LogP) is 2.52. The van der Waals surface area contributed by atoms with E-state index in [1.54, 1.807) is 0 Å². The zero-order chi connectivity index (χ0) is 18.4. The number of hydrogen-bond donors (Lipinski definition) is 2. The van der Waals surface area contributed by atoms with Crippen molar-refractivity contribution in [3.05, 3.63) is 41.3 Å². The third kappa shape index (κ3) is 2.84. The number of pyridine rings is 1. The van der Waals surface area contributed by atoms with Gasteiger partial charge >= 0.3 is 0 Å². The van der Waals surface area contributed by atoms with Crippen LogP contribution in [0.15, 0.2) is 24.5 Å². The van der Waals surface area contributed by atoms with Crippen LogP contribution in [0.25, 0.3) is 17.0 Å². The topological polar surface area (TPSA) is 89.3 Å². The van der Waals surface area contributed by atoms with Crippen LogP contribution in [-0.4, -0.2) is 30.1 Å². The maximum absolute atomic E-state index is 10.5. The van der Waals surface area contributed by atoms with E-state index in [4.69, 9.17) is 10.7 Å². The van der Waals surface area contributed by atoms with Gasteiger partial charge in [-0.05, 0) is 62.6 Å². The molecule has 6 heteroatoms. The summed E-state index contributed by atoms with van der Waals surface area (Å²) in [6.07, 6.45) is 10.2. The number of nitrogens with two attached hydrogens (primary N) is 1. The molecular weight excluding hydrogens is 338 g/mol. The van der Waals surface area contributed by atoms with Crippen LogP contribution in [0.5, 0.6) is 0 Å². The van der Waals surface area contributed by atoms with Gasteiger partial charge in [-0.3, -0.25) is 4.40 Å². The highest BCUT2D eigenvalue weighted by Crippen LogP contribution is 2.32. The first-order chi connectivity index (χ1) is 13.1. The molecule has 0 aliphatic heterocycles. The van der Waals surface area contributed by atoms with E-state index in [0.717, 1.165) is 78.8 Å². The van der Waals surface area contributed by atoms with Crippen molar-refractivity contribution in [2.24, 2.45) is 0 Å². The summed E-state index contributed by atoms with van der Waals surface area (Å²) < 4.78 is 2.05. The fourth-order valence-electron chi connectivity index (χ4n) is 4.12. The number of hydrogen-bond acceptors (Lipinski definition) is 5. The number of imidazole rings is 1. The average molecular weight is 359 g/mol. The van der Waals surface area contributed by atoms with Gasteiger partial charge in [0.25, 0.3) is 0 Å². The van der Waals surface area contributed by atoms with Gasteiger partial charge < -0.3 is 10.8 Å². The van der Waals surface area contributed by atoms with Crippen LogP contribution in [-0.2, 0) is 12.8 Å². The molecule has 0 bridgehead atoms. The van der Waals surface area contributed by atoms with E-state index < -0.39 is 5.60 Å². The maximum atomic E-state index is 10.5. The molecular formula is C21H21N5O. The molecule has 0 radical (unpaired) electrons. The van der Waals surface area contributed by atoms with Crippen LogP contribution in [0.3, 0.4) is 0 Å². The Balaban J connectivity index is 1.66. The third-order valence-electron chi connectivity index (χ3n) is 5.53. The van der Waals surface area contributed by atoms with Crippen molar-refractivity contribution in [1.29, 1.82) is 0 Å². The van der Waals surface area contributed by atoms with Crippen molar-refractivity contribution < 1.29 is 5.11 Å². The number of aliphatic hydroxyl groups is 1. The normalized spacial score (nSPS) is 17.7. The molecule has 0 atom stereocenters. The largest absolute Gasteiger partial charge is 0.378 e. The van der Waals surface area contributed by atoms with Crippen molar-refractivity contribution >= 4 is 11.6 Å². The lowest BCUT2D eigenvalue weighted by Gasteiger charge is -2.12. The Morgan fingerprint density at radius 3 is 2.81 bits per heavy atom. The lowest BCUT2D eigenvalue weighted by Crippen LogP contribution is -2.20. The number of rotatable bonds is 0. The number of aryl methyl sites for hydroxylation is 2. The van der Waals surface area contributed by atoms with Crippen LogP contribution in [0.4, 0.5) is 5.95 Å². The van der Waals surface area contributed by atoms with Gasteiger partial charge in [-0.15, -0.1) is 0 Å². The van der Waals surface area contributed by atoms with E-state index in [0.29, 0.717) is 0 Å². The molecule has 0 aromatic carbocycles. The Bertz CT molecular complexity index is 1100. The standard InChI is InChI=1S/C21H21N5O/c22-20-23-12-15-4-3-5-16-19(18(15)25-20)26-13-14(6-7-17(26)24-16)8-11-21(27)9-1-2-10-21/h6-7,12-13,27H,1-5,9-10H2,(H2,22,23,25). The van der Waals surface area contributed by atoms with E-state index in [-0.39, 0.29) is 5.95 Å². The molecule has 2 aliphatic rings. The van der Waals surface area contributed by atoms with Gasteiger partial charge in [0.05, 0.1) is 17.1 Å². The SMILES string of the molecule is Nc1ncc2c(n1)-c1c(nc3ccc(C#CC4(O)CCCC4)cn13)CCC2. The van der Waals surface area contributed by atoms with Gasteiger partial charge in [-0.25, -0.2) is 15.0 Å². The Kier molecular flexibility index (Phi) is 3.66. The molecule has 6 nitrogen and oxygen atoms in total. The van der Waals surface area contributed by atoms with Crippen molar-refractivity contribution in [3.63, 3.8) is 0 Å². The molecule has 0 unspecified atom stereocenters. The van der Waals surface area contributed by atoms with Gasteiger partial charge in [0.1, 0.15) is 11.2 Å². The Morgan fingerprint density at radius 1 is 1.11 bits per heavy atom. The highest BCUT2D eigenvalue weighted by atomic mass is 16.3. The molecule has 0 amide bonds. The van der Waals surface area contributed by atoms with E-state index >= 15 is 0 Å². The lowest BCUT2D eigenvalue weighted by atomic mass is 10.0. The molecule has 3 aromatic rings. The highest BCUT2D eigenvalue weighted by Gasteiger charge is 2.28. The molecule has 1 fully saturated rings. The first kappa shape index (κ1) is 16.3. The summed E-state index contributed by atoms with van der Waals surface area (Å²) in [5, 5.41) is 10.5. The van der Waals surface area contributed by atoms with Crippen LogP contribution in [0.1, 0.15) is 48.9 Å². The van der Waals surface area contributed by atoms with Crippen molar-refractivity contribution in [2.75, 3.05) is 5.73 Å². The zero-order valence-electron chi connectivity index (χ0n) is 15.1. The number of aromatic nitrogens is 4. The summed E-state index contributed by atoms with van der Waals surface area (Å²) in [6.45, 7) is 0. The van der Waals surface area contributed by atoms with Gasteiger partial charge in [0, 0.05) is 18.0 Å². The summed E-state index contributed by atoms with van der Waals surface area (Å²) in [5.41, 5.74) is 10.7. The molecule has 1 saturated carbocycles. The van der Waals surface area contributed by atoms with E-state index in [9.17, 15) is 5.11 Å². The number of anilines is 1. The molecule has 0 saturated heterocycles. The number of nitrogens with zero attached hydrogens (tertiary/aromatic N) is 4. The quantitative estimate of drug-likeness (QED) is 0.602. The average Bonchev–Trinajstić information content (AvgIpc) is 3.20. The van der Waals surface area contributed by atoms with Gasteiger partial charge in [0.2, 0.25) is 5.95 Å². The summed E-state index contributed by atoms with van der Waals surface area (Å²) in [5.74, 6) is 6.51. The second-order valence-electron chi connectivity index (χ2n) is 7.50. The van der Waals surface area contributed by atoms with Crippen molar-refractivity contribution in [1.82, 2.24) is 19.4 Å². The minimum absolute atomic E-state index is 0.274. The molecule has 3 N–H and O–H groups in total. The highest BCUT2D eigenvalue weighted by molar-refractivity contribution is 5.69. The van der Waals surface area contributed by atoms with E-state index in [2.05, 4.69) is 26.2 Å². The number of nitrogen functional groups attached to an aromatic ring is 1. The maximum Gasteiger partial charge on any atom is 0.220 e. The minimum atomic E-state index is -0.838. The second-order valence-corrected chi connectivity index (χ2v) is 7.50. The second kappa shape index (κ2) is 6.07. The Morgan fingerprint density at radius 2 is 1.96 bits per heavy atom. The van der Waals surface area contributed by atoms with Gasteiger partial charge in [-0.1, -0.05) is 11.8 Å². The van der Waals surface area contributed by atoms with E-state index in [1.807, 2.05) is 24.5 Å². The number of fused-ring (bicyclic) bond motifs is 5. The summed E-state index contributed by atoms with van der Waals surface area (Å²) >= 11 is 0. The molecule has 136 valence electrons. The molecule has 27 heavy (non-hydrogen) atoms. The van der Waals surface area contributed by atoms with Crippen LogP contribution >= 0.6 is 0 Å². The molecule has 5 rings (SSSR count). The minimum Gasteiger partial charge on any atom is -0.378 e. The zero-order valence-corrected chi connectivity index (χ0v) is 15.1.